The molecule has 6 nitrogen and oxygen atoms in total. The molecule has 0 bridgehead atoms. The molecule has 1 heterocycles. The van der Waals surface area contributed by atoms with Gasteiger partial charge in [0.2, 0.25) is 5.91 Å². The van der Waals surface area contributed by atoms with Gasteiger partial charge in [-0.05, 0) is 31.0 Å². The zero-order valence-electron chi connectivity index (χ0n) is 14.6. The van der Waals surface area contributed by atoms with E-state index in [4.69, 9.17) is 0 Å². The fourth-order valence-corrected chi connectivity index (χ4v) is 2.40. The molecule has 1 saturated heterocycles. The SMILES string of the molecule is CCC(C)NC(=NC)NCc1ccc(N2CCNC(=O)C2)cc1.I. The number of carbonyl (C=O) groups excluding carboxylic acids is 1. The number of rotatable bonds is 5. The van der Waals surface area contributed by atoms with Gasteiger partial charge in [0.1, 0.15) is 0 Å². The number of aliphatic imine (C=N–C) groups is 1. The summed E-state index contributed by atoms with van der Waals surface area (Å²) in [6, 6.07) is 8.71. The number of anilines is 1. The van der Waals surface area contributed by atoms with E-state index in [-0.39, 0.29) is 29.9 Å². The predicted octanol–water partition coefficient (Wildman–Crippen LogP) is 1.70. The largest absolute Gasteiger partial charge is 0.360 e. The van der Waals surface area contributed by atoms with E-state index in [1.165, 1.54) is 5.56 Å². The Morgan fingerprint density at radius 2 is 2.08 bits per heavy atom. The molecular formula is C17H28IN5O. The van der Waals surface area contributed by atoms with Gasteiger partial charge in [-0.15, -0.1) is 24.0 Å². The number of hydrogen-bond donors (Lipinski definition) is 3. The number of hydrogen-bond acceptors (Lipinski definition) is 3. The van der Waals surface area contributed by atoms with Crippen LogP contribution in [-0.2, 0) is 11.3 Å². The molecule has 1 aliphatic heterocycles. The van der Waals surface area contributed by atoms with Gasteiger partial charge in [-0.2, -0.15) is 0 Å². The second-order valence-corrected chi connectivity index (χ2v) is 5.82. The van der Waals surface area contributed by atoms with Gasteiger partial charge in [-0.1, -0.05) is 19.1 Å². The molecule has 7 heteroatoms. The quantitative estimate of drug-likeness (QED) is 0.367. The first kappa shape index (κ1) is 20.5. The molecule has 0 saturated carbocycles. The van der Waals surface area contributed by atoms with Crippen LogP contribution in [-0.4, -0.2) is 44.6 Å². The van der Waals surface area contributed by atoms with E-state index in [9.17, 15) is 4.79 Å². The van der Waals surface area contributed by atoms with Crippen LogP contribution in [0, 0.1) is 0 Å². The number of benzene rings is 1. The number of nitrogens with one attached hydrogen (secondary N) is 3. The van der Waals surface area contributed by atoms with Crippen molar-refractivity contribution in [2.45, 2.75) is 32.9 Å². The van der Waals surface area contributed by atoms with Crippen LogP contribution in [0.4, 0.5) is 5.69 Å². The average molecular weight is 445 g/mol. The molecule has 0 aromatic heterocycles. The minimum absolute atomic E-state index is 0. The zero-order chi connectivity index (χ0) is 16.7. The summed E-state index contributed by atoms with van der Waals surface area (Å²) in [5.74, 6) is 0.901. The third-order valence-electron chi connectivity index (χ3n) is 4.02. The van der Waals surface area contributed by atoms with Crippen molar-refractivity contribution in [3.8, 4) is 0 Å². The lowest BCUT2D eigenvalue weighted by molar-refractivity contribution is -0.120. The topological polar surface area (TPSA) is 68.8 Å². The Bertz CT molecular complexity index is 546. The lowest BCUT2D eigenvalue weighted by Gasteiger charge is -2.28. The van der Waals surface area contributed by atoms with Crippen molar-refractivity contribution >= 4 is 41.5 Å². The average Bonchev–Trinajstić information content (AvgIpc) is 2.58. The molecule has 24 heavy (non-hydrogen) atoms. The van der Waals surface area contributed by atoms with Crippen molar-refractivity contribution in [3.05, 3.63) is 29.8 Å². The lowest BCUT2D eigenvalue weighted by Crippen LogP contribution is -2.47. The molecular weight excluding hydrogens is 417 g/mol. The fraction of sp³-hybridized carbons (Fsp3) is 0.529. The molecule has 134 valence electrons. The summed E-state index contributed by atoms with van der Waals surface area (Å²) >= 11 is 0. The van der Waals surface area contributed by atoms with E-state index in [0.717, 1.165) is 31.2 Å². The van der Waals surface area contributed by atoms with Gasteiger partial charge in [0.15, 0.2) is 5.96 Å². The summed E-state index contributed by atoms with van der Waals surface area (Å²) in [6.45, 7) is 7.00. The van der Waals surface area contributed by atoms with Gasteiger partial charge in [0.05, 0.1) is 6.54 Å². The van der Waals surface area contributed by atoms with Gasteiger partial charge in [-0.25, -0.2) is 0 Å². The van der Waals surface area contributed by atoms with E-state index in [0.29, 0.717) is 19.1 Å². The molecule has 1 aromatic rings. The highest BCUT2D eigenvalue weighted by molar-refractivity contribution is 14.0. The van der Waals surface area contributed by atoms with E-state index in [1.54, 1.807) is 7.05 Å². The maximum absolute atomic E-state index is 11.5. The number of amides is 1. The number of nitrogens with zero attached hydrogens (tertiary/aromatic N) is 2. The van der Waals surface area contributed by atoms with Crippen LogP contribution in [0.5, 0.6) is 0 Å². The lowest BCUT2D eigenvalue weighted by atomic mass is 10.2. The van der Waals surface area contributed by atoms with Crippen LogP contribution in [0.15, 0.2) is 29.3 Å². The summed E-state index contributed by atoms with van der Waals surface area (Å²) in [6.07, 6.45) is 1.05. The van der Waals surface area contributed by atoms with Crippen molar-refractivity contribution in [1.29, 1.82) is 0 Å². The van der Waals surface area contributed by atoms with Crippen molar-refractivity contribution in [3.63, 3.8) is 0 Å². The molecule has 1 unspecified atom stereocenters. The number of halogens is 1. The maximum Gasteiger partial charge on any atom is 0.239 e. The van der Waals surface area contributed by atoms with Crippen molar-refractivity contribution < 1.29 is 4.79 Å². The first-order chi connectivity index (χ1) is 11.1. The summed E-state index contributed by atoms with van der Waals surface area (Å²) in [5.41, 5.74) is 2.27. The summed E-state index contributed by atoms with van der Waals surface area (Å²) < 4.78 is 0. The van der Waals surface area contributed by atoms with Crippen LogP contribution in [0.1, 0.15) is 25.8 Å². The maximum atomic E-state index is 11.5. The molecule has 1 fully saturated rings. The first-order valence-corrected chi connectivity index (χ1v) is 8.20. The molecule has 3 N–H and O–H groups in total. The standard InChI is InChI=1S/C17H27N5O.HI/c1-4-13(2)21-17(18-3)20-11-14-5-7-15(8-6-14)22-10-9-19-16(23)12-22;/h5-8,13H,4,9-12H2,1-3H3,(H,19,23)(H2,18,20,21);1H. The van der Waals surface area contributed by atoms with Gasteiger partial charge in [-0.3, -0.25) is 9.79 Å². The Morgan fingerprint density at radius 3 is 2.67 bits per heavy atom. The molecule has 1 amide bonds. The Hall–Kier alpha value is -1.51. The Labute approximate surface area is 161 Å². The van der Waals surface area contributed by atoms with Gasteiger partial charge >= 0.3 is 0 Å². The molecule has 1 aromatic carbocycles. The van der Waals surface area contributed by atoms with Gasteiger partial charge in [0.25, 0.3) is 0 Å². The molecule has 0 aliphatic carbocycles. The number of guanidine groups is 1. The number of carbonyl (C=O) groups is 1. The van der Waals surface area contributed by atoms with Crippen LogP contribution in [0.2, 0.25) is 0 Å². The zero-order valence-corrected chi connectivity index (χ0v) is 17.0. The third-order valence-corrected chi connectivity index (χ3v) is 4.02. The highest BCUT2D eigenvalue weighted by Gasteiger charge is 2.16. The normalized spacial score (nSPS) is 16.0. The Kier molecular flexibility index (Phi) is 8.88. The van der Waals surface area contributed by atoms with Crippen molar-refractivity contribution in [2.24, 2.45) is 4.99 Å². The minimum atomic E-state index is 0. The summed E-state index contributed by atoms with van der Waals surface area (Å²) in [4.78, 5) is 17.8. The molecule has 0 radical (unpaired) electrons. The first-order valence-electron chi connectivity index (χ1n) is 8.20. The van der Waals surface area contributed by atoms with Gasteiger partial charge < -0.3 is 20.9 Å². The van der Waals surface area contributed by atoms with E-state index in [2.05, 4.69) is 64.0 Å². The summed E-state index contributed by atoms with van der Waals surface area (Å²) in [7, 11) is 1.78. The number of piperazine rings is 1. The predicted molar refractivity (Wildman–Crippen MR) is 110 cm³/mol. The summed E-state index contributed by atoms with van der Waals surface area (Å²) in [5, 5.41) is 9.50. The fourth-order valence-electron chi connectivity index (χ4n) is 2.40. The minimum Gasteiger partial charge on any atom is -0.360 e. The molecule has 1 atom stereocenters. The van der Waals surface area contributed by atoms with Crippen molar-refractivity contribution in [1.82, 2.24) is 16.0 Å². The van der Waals surface area contributed by atoms with E-state index < -0.39 is 0 Å². The molecule has 0 spiro atoms. The monoisotopic (exact) mass is 445 g/mol. The molecule has 1 aliphatic rings. The Morgan fingerprint density at radius 1 is 1.38 bits per heavy atom. The smallest absolute Gasteiger partial charge is 0.239 e. The van der Waals surface area contributed by atoms with Crippen LogP contribution < -0.4 is 20.9 Å². The molecule has 2 rings (SSSR count). The van der Waals surface area contributed by atoms with Crippen LogP contribution >= 0.6 is 24.0 Å². The Balaban J connectivity index is 0.00000288. The van der Waals surface area contributed by atoms with Crippen molar-refractivity contribution in [2.75, 3.05) is 31.6 Å². The van der Waals surface area contributed by atoms with Crippen LogP contribution in [0.3, 0.4) is 0 Å². The van der Waals surface area contributed by atoms with E-state index >= 15 is 0 Å². The second-order valence-electron chi connectivity index (χ2n) is 5.82. The van der Waals surface area contributed by atoms with Crippen LogP contribution in [0.25, 0.3) is 0 Å². The van der Waals surface area contributed by atoms with Gasteiger partial charge in [0, 0.05) is 38.4 Å². The third kappa shape index (κ3) is 6.18. The highest BCUT2D eigenvalue weighted by Crippen LogP contribution is 2.16. The van der Waals surface area contributed by atoms with E-state index in [1.807, 2.05) is 0 Å². The highest BCUT2D eigenvalue weighted by atomic mass is 127. The second kappa shape index (κ2) is 10.4.